The van der Waals surface area contributed by atoms with Gasteiger partial charge in [-0.2, -0.15) is 5.26 Å². The Morgan fingerprint density at radius 3 is 2.80 bits per heavy atom. The molecule has 1 aromatic carbocycles. The topological polar surface area (TPSA) is 49.0 Å². The summed E-state index contributed by atoms with van der Waals surface area (Å²) < 4.78 is 16.1. The highest BCUT2D eigenvalue weighted by Gasteiger charge is 2.25. The first-order valence-electron chi connectivity index (χ1n) is 6.34. The number of nitrogens with zero attached hydrogens (tertiary/aromatic N) is 2. The summed E-state index contributed by atoms with van der Waals surface area (Å²) in [5, 5.41) is 19.1. The fourth-order valence-corrected chi connectivity index (χ4v) is 2.59. The van der Waals surface area contributed by atoms with Gasteiger partial charge in [-0.25, -0.2) is 4.39 Å². The van der Waals surface area contributed by atoms with Crippen molar-refractivity contribution in [3.63, 3.8) is 0 Å². The molecule has 1 N–H and O–H groups in total. The molecule has 0 spiro atoms. The van der Waals surface area contributed by atoms with Gasteiger partial charge >= 0.3 is 0 Å². The van der Waals surface area contributed by atoms with E-state index >= 15 is 0 Å². The van der Waals surface area contributed by atoms with Gasteiger partial charge < -0.3 is 9.67 Å². The minimum Gasteiger partial charge on any atom is -0.393 e. The van der Waals surface area contributed by atoms with Gasteiger partial charge in [0.25, 0.3) is 0 Å². The highest BCUT2D eigenvalue weighted by atomic mass is 79.9. The van der Waals surface area contributed by atoms with Crippen LogP contribution in [0.4, 0.5) is 4.39 Å². The molecule has 1 aromatic heterocycles. The standard InChI is InChI=1S/C15H16BrFN2O/c1-15(2,9-18)13-7-19(6-11(17)8-20)14-5-10(16)3-4-12(13)14/h3-5,7,11,20H,6,8H2,1-2H3. The number of aliphatic hydroxyl groups is 1. The highest BCUT2D eigenvalue weighted by molar-refractivity contribution is 9.10. The van der Waals surface area contributed by atoms with Crippen LogP contribution < -0.4 is 0 Å². The summed E-state index contributed by atoms with van der Waals surface area (Å²) in [4.78, 5) is 0. The molecular weight excluding hydrogens is 323 g/mol. The van der Waals surface area contributed by atoms with Crippen molar-refractivity contribution < 1.29 is 9.50 Å². The van der Waals surface area contributed by atoms with Gasteiger partial charge in [0.05, 0.1) is 24.6 Å². The summed E-state index contributed by atoms with van der Waals surface area (Å²) in [7, 11) is 0. The number of alkyl halides is 1. The van der Waals surface area contributed by atoms with Gasteiger partial charge in [-0.15, -0.1) is 0 Å². The summed E-state index contributed by atoms with van der Waals surface area (Å²) in [5.41, 5.74) is 1.07. The van der Waals surface area contributed by atoms with Crippen molar-refractivity contribution in [2.75, 3.05) is 6.61 Å². The van der Waals surface area contributed by atoms with Crippen molar-refractivity contribution >= 4 is 26.8 Å². The number of benzene rings is 1. The van der Waals surface area contributed by atoms with Gasteiger partial charge in [0.15, 0.2) is 0 Å². The number of hydrogen-bond acceptors (Lipinski definition) is 2. The molecule has 0 bridgehead atoms. The molecule has 2 aromatic rings. The minimum absolute atomic E-state index is 0.0744. The molecule has 0 radical (unpaired) electrons. The Morgan fingerprint density at radius 2 is 2.20 bits per heavy atom. The molecule has 2 rings (SSSR count). The maximum absolute atomic E-state index is 13.5. The summed E-state index contributed by atoms with van der Waals surface area (Å²) in [6, 6.07) is 8.01. The summed E-state index contributed by atoms with van der Waals surface area (Å²) in [6.45, 7) is 3.25. The zero-order valence-electron chi connectivity index (χ0n) is 11.4. The second-order valence-electron chi connectivity index (χ2n) is 5.37. The van der Waals surface area contributed by atoms with Crippen LogP contribution in [0.25, 0.3) is 10.9 Å². The number of nitriles is 1. The van der Waals surface area contributed by atoms with E-state index in [1.807, 2.05) is 38.2 Å². The lowest BCUT2D eigenvalue weighted by molar-refractivity contribution is 0.163. The number of aromatic nitrogens is 1. The minimum atomic E-state index is -1.32. The smallest absolute Gasteiger partial charge is 0.141 e. The van der Waals surface area contributed by atoms with Crippen LogP contribution in [0, 0.1) is 11.3 Å². The van der Waals surface area contributed by atoms with E-state index in [1.54, 1.807) is 4.57 Å². The molecular formula is C15H16BrFN2O. The zero-order chi connectivity index (χ0) is 14.9. The molecule has 0 amide bonds. The van der Waals surface area contributed by atoms with Gasteiger partial charge in [0.2, 0.25) is 0 Å². The lowest BCUT2D eigenvalue weighted by atomic mass is 9.86. The largest absolute Gasteiger partial charge is 0.393 e. The van der Waals surface area contributed by atoms with Crippen molar-refractivity contribution in [3.05, 3.63) is 34.4 Å². The van der Waals surface area contributed by atoms with E-state index in [0.717, 1.165) is 20.9 Å². The van der Waals surface area contributed by atoms with Crippen molar-refractivity contribution in [2.45, 2.75) is 32.0 Å². The normalized spacial score (nSPS) is 13.4. The predicted octanol–water partition coefficient (Wildman–Crippen LogP) is 3.54. The second kappa shape index (κ2) is 5.55. The molecule has 106 valence electrons. The molecule has 0 aliphatic heterocycles. The molecule has 20 heavy (non-hydrogen) atoms. The van der Waals surface area contributed by atoms with Crippen LogP contribution in [0.5, 0.6) is 0 Å². The number of fused-ring (bicyclic) bond motifs is 1. The third-order valence-corrected chi connectivity index (χ3v) is 3.88. The SMILES string of the molecule is CC(C)(C#N)c1cn(CC(F)CO)c2cc(Br)ccc12. The molecule has 0 saturated heterocycles. The average Bonchev–Trinajstić information content (AvgIpc) is 2.77. The van der Waals surface area contributed by atoms with Crippen molar-refractivity contribution in [3.8, 4) is 6.07 Å². The average molecular weight is 339 g/mol. The van der Waals surface area contributed by atoms with E-state index in [-0.39, 0.29) is 6.54 Å². The Labute approximate surface area is 125 Å². The molecule has 0 saturated carbocycles. The summed E-state index contributed by atoms with van der Waals surface area (Å²) in [5.74, 6) is 0. The quantitative estimate of drug-likeness (QED) is 0.926. The first kappa shape index (κ1) is 15.0. The molecule has 1 heterocycles. The van der Waals surface area contributed by atoms with Crippen LogP contribution in [0.1, 0.15) is 19.4 Å². The van der Waals surface area contributed by atoms with E-state index in [1.165, 1.54) is 0 Å². The third kappa shape index (κ3) is 2.72. The van der Waals surface area contributed by atoms with Crippen LogP contribution in [-0.4, -0.2) is 22.5 Å². The van der Waals surface area contributed by atoms with Crippen molar-refractivity contribution in [2.24, 2.45) is 0 Å². The molecule has 0 aliphatic rings. The van der Waals surface area contributed by atoms with E-state index in [4.69, 9.17) is 5.11 Å². The fraction of sp³-hybridized carbons (Fsp3) is 0.400. The van der Waals surface area contributed by atoms with Crippen LogP contribution >= 0.6 is 15.9 Å². The maximum atomic E-state index is 13.5. The van der Waals surface area contributed by atoms with Gasteiger partial charge in [0.1, 0.15) is 6.17 Å². The van der Waals surface area contributed by atoms with E-state index in [2.05, 4.69) is 22.0 Å². The van der Waals surface area contributed by atoms with E-state index < -0.39 is 18.2 Å². The Bertz CT molecular complexity index is 672. The number of aliphatic hydroxyl groups excluding tert-OH is 1. The number of hydrogen-bond donors (Lipinski definition) is 1. The monoisotopic (exact) mass is 338 g/mol. The Hall–Kier alpha value is -1.38. The second-order valence-corrected chi connectivity index (χ2v) is 6.29. The van der Waals surface area contributed by atoms with Crippen LogP contribution in [0.15, 0.2) is 28.9 Å². The van der Waals surface area contributed by atoms with Crippen LogP contribution in [0.2, 0.25) is 0 Å². The van der Waals surface area contributed by atoms with Crippen LogP contribution in [0.3, 0.4) is 0 Å². The fourth-order valence-electron chi connectivity index (χ4n) is 2.25. The maximum Gasteiger partial charge on any atom is 0.141 e. The molecule has 0 fully saturated rings. The highest BCUT2D eigenvalue weighted by Crippen LogP contribution is 2.33. The first-order valence-corrected chi connectivity index (χ1v) is 7.13. The predicted molar refractivity (Wildman–Crippen MR) is 80.3 cm³/mol. The molecule has 3 nitrogen and oxygen atoms in total. The Balaban J connectivity index is 2.64. The van der Waals surface area contributed by atoms with Gasteiger partial charge in [0, 0.05) is 21.6 Å². The van der Waals surface area contributed by atoms with Crippen molar-refractivity contribution in [1.29, 1.82) is 5.26 Å². The zero-order valence-corrected chi connectivity index (χ0v) is 13.0. The van der Waals surface area contributed by atoms with Gasteiger partial charge in [-0.3, -0.25) is 0 Å². The molecule has 1 atom stereocenters. The number of halogens is 2. The van der Waals surface area contributed by atoms with Crippen molar-refractivity contribution in [1.82, 2.24) is 4.57 Å². The third-order valence-electron chi connectivity index (χ3n) is 3.39. The number of rotatable bonds is 4. The van der Waals surface area contributed by atoms with Gasteiger partial charge in [-0.05, 0) is 31.5 Å². The first-order chi connectivity index (χ1) is 9.39. The van der Waals surface area contributed by atoms with Gasteiger partial charge in [-0.1, -0.05) is 22.0 Å². The van der Waals surface area contributed by atoms with E-state index in [0.29, 0.717) is 0 Å². The lowest BCUT2D eigenvalue weighted by Gasteiger charge is -2.14. The molecule has 0 aliphatic carbocycles. The summed E-state index contributed by atoms with van der Waals surface area (Å²) >= 11 is 3.41. The van der Waals surface area contributed by atoms with E-state index in [9.17, 15) is 9.65 Å². The Morgan fingerprint density at radius 1 is 1.50 bits per heavy atom. The molecule has 5 heteroatoms. The van der Waals surface area contributed by atoms with Crippen LogP contribution in [-0.2, 0) is 12.0 Å². The molecule has 1 unspecified atom stereocenters. The lowest BCUT2D eigenvalue weighted by Crippen LogP contribution is -2.16. The summed E-state index contributed by atoms with van der Waals surface area (Å²) in [6.07, 6.45) is 0.491. The Kier molecular flexibility index (Phi) is 4.17.